The summed E-state index contributed by atoms with van der Waals surface area (Å²) in [4.78, 5) is 25.4. The Morgan fingerprint density at radius 3 is 2.45 bits per heavy atom. The van der Waals surface area contributed by atoms with Crippen LogP contribution in [0.4, 0.5) is 0 Å². The molecule has 1 saturated carbocycles. The highest BCUT2D eigenvalue weighted by molar-refractivity contribution is 5.79. The molecule has 1 aliphatic carbocycles. The monoisotopic (exact) mass is 282 g/mol. The summed E-state index contributed by atoms with van der Waals surface area (Å²) in [5, 5.41) is 12.6. The van der Waals surface area contributed by atoms with Gasteiger partial charge in [0.15, 0.2) is 0 Å². The van der Waals surface area contributed by atoms with Gasteiger partial charge in [-0.1, -0.05) is 13.3 Å². The van der Waals surface area contributed by atoms with E-state index in [1.54, 1.807) is 0 Å². The van der Waals surface area contributed by atoms with Crippen LogP contribution in [0.3, 0.4) is 0 Å². The molecule has 2 rings (SSSR count). The number of likely N-dealkylation sites (tertiary alicyclic amines) is 1. The van der Waals surface area contributed by atoms with Crippen LogP contribution in [-0.4, -0.2) is 48.1 Å². The van der Waals surface area contributed by atoms with Gasteiger partial charge in [0.1, 0.15) is 0 Å². The molecule has 0 radical (unpaired) electrons. The van der Waals surface area contributed by atoms with Crippen molar-refractivity contribution in [1.82, 2.24) is 10.2 Å². The van der Waals surface area contributed by atoms with Crippen molar-refractivity contribution in [2.24, 2.45) is 11.3 Å². The summed E-state index contributed by atoms with van der Waals surface area (Å²) in [6.07, 6.45) is 5.33. The summed E-state index contributed by atoms with van der Waals surface area (Å²) in [5.74, 6) is 0.188. The van der Waals surface area contributed by atoms with Gasteiger partial charge in [0.05, 0.1) is 12.0 Å². The summed E-state index contributed by atoms with van der Waals surface area (Å²) >= 11 is 0. The SMILES string of the molecule is CCCC1(C(=O)O)CCN(C(=O)CNCC2CC2)CC1. The van der Waals surface area contributed by atoms with Crippen LogP contribution in [0.5, 0.6) is 0 Å². The number of piperidine rings is 1. The number of carbonyl (C=O) groups excluding carboxylic acids is 1. The molecule has 2 aliphatic rings. The van der Waals surface area contributed by atoms with Crippen LogP contribution in [0.2, 0.25) is 0 Å². The van der Waals surface area contributed by atoms with E-state index in [1.165, 1.54) is 12.8 Å². The van der Waals surface area contributed by atoms with Crippen molar-refractivity contribution >= 4 is 11.9 Å². The quantitative estimate of drug-likeness (QED) is 0.742. The number of carboxylic acids is 1. The zero-order valence-corrected chi connectivity index (χ0v) is 12.4. The topological polar surface area (TPSA) is 69.6 Å². The average Bonchev–Trinajstić information content (AvgIpc) is 3.23. The number of aliphatic carboxylic acids is 1. The highest BCUT2D eigenvalue weighted by Crippen LogP contribution is 2.36. The molecule has 2 N–H and O–H groups in total. The lowest BCUT2D eigenvalue weighted by atomic mass is 9.75. The van der Waals surface area contributed by atoms with Gasteiger partial charge in [-0.2, -0.15) is 0 Å². The van der Waals surface area contributed by atoms with Gasteiger partial charge in [-0.3, -0.25) is 9.59 Å². The molecular formula is C15H26N2O3. The number of nitrogens with zero attached hydrogens (tertiary/aromatic N) is 1. The Labute approximate surface area is 120 Å². The fraction of sp³-hybridized carbons (Fsp3) is 0.867. The summed E-state index contributed by atoms with van der Waals surface area (Å²) in [6.45, 7) is 4.51. The van der Waals surface area contributed by atoms with Gasteiger partial charge in [-0.15, -0.1) is 0 Å². The minimum Gasteiger partial charge on any atom is -0.481 e. The van der Waals surface area contributed by atoms with E-state index in [2.05, 4.69) is 5.32 Å². The standard InChI is InChI=1S/C15H26N2O3/c1-2-5-15(14(19)20)6-8-17(9-7-15)13(18)11-16-10-12-3-4-12/h12,16H,2-11H2,1H3,(H,19,20). The molecule has 0 atom stereocenters. The molecule has 0 aromatic rings. The van der Waals surface area contributed by atoms with Crippen molar-refractivity contribution in [2.75, 3.05) is 26.2 Å². The predicted molar refractivity (Wildman–Crippen MR) is 76.4 cm³/mol. The average molecular weight is 282 g/mol. The largest absolute Gasteiger partial charge is 0.481 e. The second kappa shape index (κ2) is 6.57. The maximum Gasteiger partial charge on any atom is 0.309 e. The molecule has 2 fully saturated rings. The zero-order chi connectivity index (χ0) is 14.6. The Morgan fingerprint density at radius 1 is 1.30 bits per heavy atom. The second-order valence-electron chi connectivity index (χ2n) is 6.29. The molecule has 1 aliphatic heterocycles. The van der Waals surface area contributed by atoms with Crippen molar-refractivity contribution < 1.29 is 14.7 Å². The van der Waals surface area contributed by atoms with E-state index in [9.17, 15) is 14.7 Å². The van der Waals surface area contributed by atoms with Crippen LogP contribution in [0.25, 0.3) is 0 Å². The van der Waals surface area contributed by atoms with E-state index >= 15 is 0 Å². The molecule has 0 aromatic heterocycles. The van der Waals surface area contributed by atoms with Crippen molar-refractivity contribution in [2.45, 2.75) is 45.4 Å². The van der Waals surface area contributed by atoms with Gasteiger partial charge < -0.3 is 15.3 Å². The van der Waals surface area contributed by atoms with Gasteiger partial charge in [-0.05, 0) is 44.6 Å². The first-order chi connectivity index (χ1) is 9.57. The van der Waals surface area contributed by atoms with Crippen LogP contribution in [0.1, 0.15) is 45.4 Å². The molecule has 0 unspecified atom stereocenters. The molecule has 0 aromatic carbocycles. The Balaban J connectivity index is 1.76. The fourth-order valence-corrected chi connectivity index (χ4v) is 3.05. The maximum absolute atomic E-state index is 12.1. The second-order valence-corrected chi connectivity index (χ2v) is 6.29. The molecule has 0 spiro atoms. The third-order valence-electron chi connectivity index (χ3n) is 4.66. The maximum atomic E-state index is 12.1. The van der Waals surface area contributed by atoms with E-state index in [-0.39, 0.29) is 5.91 Å². The van der Waals surface area contributed by atoms with E-state index in [0.29, 0.717) is 38.9 Å². The third kappa shape index (κ3) is 3.72. The first-order valence-corrected chi connectivity index (χ1v) is 7.79. The van der Waals surface area contributed by atoms with E-state index in [0.717, 1.165) is 18.9 Å². The summed E-state index contributed by atoms with van der Waals surface area (Å²) in [7, 11) is 0. The first kappa shape index (κ1) is 15.3. The number of carbonyl (C=O) groups is 2. The zero-order valence-electron chi connectivity index (χ0n) is 12.4. The molecule has 114 valence electrons. The van der Waals surface area contributed by atoms with Crippen molar-refractivity contribution in [3.8, 4) is 0 Å². The van der Waals surface area contributed by atoms with Gasteiger partial charge in [-0.25, -0.2) is 0 Å². The van der Waals surface area contributed by atoms with E-state index < -0.39 is 11.4 Å². The van der Waals surface area contributed by atoms with Crippen LogP contribution in [0, 0.1) is 11.3 Å². The van der Waals surface area contributed by atoms with Gasteiger partial charge in [0, 0.05) is 13.1 Å². The van der Waals surface area contributed by atoms with Crippen LogP contribution in [-0.2, 0) is 9.59 Å². The number of carboxylic acid groups (broad SMARTS) is 1. The fourth-order valence-electron chi connectivity index (χ4n) is 3.05. The van der Waals surface area contributed by atoms with Crippen molar-refractivity contribution in [1.29, 1.82) is 0 Å². The molecule has 0 bridgehead atoms. The molecule has 20 heavy (non-hydrogen) atoms. The molecule has 1 saturated heterocycles. The third-order valence-corrected chi connectivity index (χ3v) is 4.66. The lowest BCUT2D eigenvalue weighted by molar-refractivity contribution is -0.154. The summed E-state index contributed by atoms with van der Waals surface area (Å²) < 4.78 is 0. The van der Waals surface area contributed by atoms with Crippen LogP contribution >= 0.6 is 0 Å². The van der Waals surface area contributed by atoms with Gasteiger partial charge in [0.25, 0.3) is 0 Å². The Hall–Kier alpha value is -1.10. The summed E-state index contributed by atoms with van der Waals surface area (Å²) in [5.41, 5.74) is -0.604. The van der Waals surface area contributed by atoms with Crippen LogP contribution < -0.4 is 5.32 Å². The number of hydrogen-bond donors (Lipinski definition) is 2. The number of rotatable bonds is 7. The van der Waals surface area contributed by atoms with E-state index in [4.69, 9.17) is 0 Å². The minimum atomic E-state index is -0.696. The minimum absolute atomic E-state index is 0.112. The van der Waals surface area contributed by atoms with Gasteiger partial charge >= 0.3 is 5.97 Å². The smallest absolute Gasteiger partial charge is 0.309 e. The molecular weight excluding hydrogens is 256 g/mol. The number of amides is 1. The highest BCUT2D eigenvalue weighted by atomic mass is 16.4. The molecule has 5 heteroatoms. The highest BCUT2D eigenvalue weighted by Gasteiger charge is 2.41. The molecule has 1 heterocycles. The molecule has 1 amide bonds. The lowest BCUT2D eigenvalue weighted by Crippen LogP contribution is -2.48. The summed E-state index contributed by atoms with van der Waals surface area (Å²) in [6, 6.07) is 0. The number of nitrogens with one attached hydrogen (secondary N) is 1. The Kier molecular flexibility index (Phi) is 5.02. The van der Waals surface area contributed by atoms with Crippen molar-refractivity contribution in [3.63, 3.8) is 0 Å². The van der Waals surface area contributed by atoms with E-state index in [1.807, 2.05) is 11.8 Å². The Morgan fingerprint density at radius 2 is 1.95 bits per heavy atom. The molecule has 5 nitrogen and oxygen atoms in total. The normalized spacial score (nSPS) is 21.8. The first-order valence-electron chi connectivity index (χ1n) is 7.79. The van der Waals surface area contributed by atoms with Crippen molar-refractivity contribution in [3.05, 3.63) is 0 Å². The predicted octanol–water partition coefficient (Wildman–Crippen LogP) is 1.48. The van der Waals surface area contributed by atoms with Gasteiger partial charge in [0.2, 0.25) is 5.91 Å². The Bertz CT molecular complexity index is 358. The lowest BCUT2D eigenvalue weighted by Gasteiger charge is -2.38. The van der Waals surface area contributed by atoms with Crippen LogP contribution in [0.15, 0.2) is 0 Å². The number of hydrogen-bond acceptors (Lipinski definition) is 3.